The van der Waals surface area contributed by atoms with Gasteiger partial charge in [0.2, 0.25) is 5.91 Å². The van der Waals surface area contributed by atoms with Crippen molar-refractivity contribution in [3.05, 3.63) is 48.8 Å². The number of hydrogen-bond donors (Lipinski definition) is 2. The van der Waals surface area contributed by atoms with Gasteiger partial charge in [-0.05, 0) is 43.4 Å². The van der Waals surface area contributed by atoms with Gasteiger partial charge >= 0.3 is 0 Å². The van der Waals surface area contributed by atoms with Crippen LogP contribution in [0.1, 0.15) is 31.1 Å². The first kappa shape index (κ1) is 17.1. The van der Waals surface area contributed by atoms with Gasteiger partial charge in [-0.1, -0.05) is 12.1 Å². The first-order valence-corrected chi connectivity index (χ1v) is 10.3. The molecule has 0 spiro atoms. The van der Waals surface area contributed by atoms with E-state index < -0.39 is 0 Å². The Morgan fingerprint density at radius 3 is 2.96 bits per heavy atom. The molecule has 0 saturated heterocycles. The van der Waals surface area contributed by atoms with Crippen molar-refractivity contribution >= 4 is 28.7 Å². The molecule has 2 N–H and O–H groups in total. The topological polar surface area (TPSA) is 75.6 Å². The van der Waals surface area contributed by atoms with Crippen LogP contribution in [0.3, 0.4) is 0 Å². The van der Waals surface area contributed by atoms with Gasteiger partial charge in [-0.2, -0.15) is 11.8 Å². The summed E-state index contributed by atoms with van der Waals surface area (Å²) in [6, 6.07) is 7.88. The average Bonchev–Trinajstić information content (AvgIpc) is 3.07. The van der Waals surface area contributed by atoms with E-state index in [1.54, 1.807) is 24.3 Å². The number of fused-ring (bicyclic) bond motifs is 1. The smallest absolute Gasteiger partial charge is 0.228 e. The van der Waals surface area contributed by atoms with E-state index >= 15 is 0 Å². The average molecular weight is 369 g/mol. The van der Waals surface area contributed by atoms with Crippen LogP contribution in [-0.2, 0) is 11.3 Å². The quantitative estimate of drug-likeness (QED) is 0.640. The molecule has 2 heterocycles. The largest absolute Gasteiger partial charge is 0.346 e. The second-order valence-corrected chi connectivity index (χ2v) is 7.95. The number of thioether (sulfide) groups is 1. The summed E-state index contributed by atoms with van der Waals surface area (Å²) < 4.78 is 1.99. The number of para-hydroxylation sites is 2. The zero-order chi connectivity index (χ0) is 18.0. The lowest BCUT2D eigenvalue weighted by Gasteiger charge is -2.21. The molecule has 0 aliphatic heterocycles. The molecule has 136 valence electrons. The summed E-state index contributed by atoms with van der Waals surface area (Å²) >= 11 is 1.78. The zero-order valence-electron chi connectivity index (χ0n) is 14.8. The van der Waals surface area contributed by atoms with Crippen molar-refractivity contribution < 1.29 is 4.79 Å². The Hall–Kier alpha value is -2.28. The number of aromatic nitrogens is 4. The molecule has 1 aromatic carbocycles. The van der Waals surface area contributed by atoms with Crippen LogP contribution >= 0.6 is 11.8 Å². The van der Waals surface area contributed by atoms with Crippen molar-refractivity contribution in [2.24, 2.45) is 5.41 Å². The van der Waals surface area contributed by atoms with Crippen molar-refractivity contribution in [1.29, 1.82) is 0 Å². The Balaban J connectivity index is 1.52. The summed E-state index contributed by atoms with van der Waals surface area (Å²) in [6.45, 7) is 0.689. The number of nitrogens with one attached hydrogen (secondary N) is 2. The molecule has 0 radical (unpaired) electrons. The number of carbonyl (C=O) groups is 1. The van der Waals surface area contributed by atoms with Crippen LogP contribution in [0.4, 0.5) is 0 Å². The molecule has 26 heavy (non-hydrogen) atoms. The van der Waals surface area contributed by atoms with Gasteiger partial charge in [0.15, 0.2) is 0 Å². The van der Waals surface area contributed by atoms with Gasteiger partial charge in [-0.3, -0.25) is 4.79 Å². The highest BCUT2D eigenvalue weighted by Gasteiger charge is 2.50. The molecule has 0 bridgehead atoms. The number of H-pyrrole nitrogens is 1. The Morgan fingerprint density at radius 2 is 2.27 bits per heavy atom. The van der Waals surface area contributed by atoms with E-state index in [1.165, 1.54) is 0 Å². The van der Waals surface area contributed by atoms with Gasteiger partial charge < -0.3 is 14.9 Å². The van der Waals surface area contributed by atoms with Crippen molar-refractivity contribution in [3.8, 4) is 0 Å². The van der Waals surface area contributed by atoms with Crippen molar-refractivity contribution in [3.63, 3.8) is 0 Å². The maximum atomic E-state index is 13.0. The van der Waals surface area contributed by atoms with E-state index in [-0.39, 0.29) is 17.4 Å². The van der Waals surface area contributed by atoms with Crippen LogP contribution in [0.15, 0.2) is 43.0 Å². The number of carbonyl (C=O) groups excluding carboxylic acids is 1. The normalized spacial score (nSPS) is 16.5. The third kappa shape index (κ3) is 3.49. The van der Waals surface area contributed by atoms with Gasteiger partial charge in [-0.25, -0.2) is 9.97 Å². The van der Waals surface area contributed by atoms with Gasteiger partial charge in [0.1, 0.15) is 5.82 Å². The summed E-state index contributed by atoms with van der Waals surface area (Å²) in [7, 11) is 0. The van der Waals surface area contributed by atoms with Crippen LogP contribution in [0.2, 0.25) is 0 Å². The van der Waals surface area contributed by atoms with Gasteiger partial charge in [0.05, 0.1) is 28.8 Å². The monoisotopic (exact) mass is 369 g/mol. The van der Waals surface area contributed by atoms with E-state index in [2.05, 4.69) is 21.5 Å². The Bertz CT molecular complexity index is 851. The molecule has 6 nitrogen and oxygen atoms in total. The maximum absolute atomic E-state index is 13.0. The predicted molar refractivity (Wildman–Crippen MR) is 104 cm³/mol. The minimum atomic E-state index is -0.301. The summed E-state index contributed by atoms with van der Waals surface area (Å²) in [5.41, 5.74) is 1.64. The Morgan fingerprint density at radius 1 is 1.42 bits per heavy atom. The summed E-state index contributed by atoms with van der Waals surface area (Å²) in [6.07, 6.45) is 10.2. The number of rotatable bonds is 8. The van der Waals surface area contributed by atoms with E-state index in [1.807, 2.05) is 35.0 Å². The summed E-state index contributed by atoms with van der Waals surface area (Å²) in [5, 5.41) is 3.26. The zero-order valence-corrected chi connectivity index (χ0v) is 15.6. The number of nitrogens with zero attached hydrogens (tertiary/aromatic N) is 3. The fraction of sp³-hybridized carbons (Fsp3) is 0.421. The van der Waals surface area contributed by atoms with E-state index in [0.717, 1.165) is 41.9 Å². The molecule has 7 heteroatoms. The molecule has 1 saturated carbocycles. The lowest BCUT2D eigenvalue weighted by Crippen LogP contribution is -2.37. The van der Waals surface area contributed by atoms with Gasteiger partial charge in [-0.15, -0.1) is 0 Å². The number of aromatic amines is 1. The summed E-state index contributed by atoms with van der Waals surface area (Å²) in [5.74, 6) is 1.93. The fourth-order valence-corrected chi connectivity index (χ4v) is 3.77. The first-order valence-electron chi connectivity index (χ1n) is 8.90. The van der Waals surface area contributed by atoms with Crippen molar-refractivity contribution in [2.45, 2.75) is 31.8 Å². The minimum absolute atomic E-state index is 0.0948. The van der Waals surface area contributed by atoms with E-state index in [0.29, 0.717) is 6.54 Å². The molecule has 3 aromatic rings. The highest BCUT2D eigenvalue weighted by atomic mass is 32.2. The minimum Gasteiger partial charge on any atom is -0.346 e. The van der Waals surface area contributed by atoms with Crippen LogP contribution in [-0.4, -0.2) is 37.4 Å². The van der Waals surface area contributed by atoms with Crippen LogP contribution < -0.4 is 5.32 Å². The Kier molecular flexibility index (Phi) is 4.72. The molecule has 1 aliphatic rings. The number of hydrogen-bond acceptors (Lipinski definition) is 4. The second-order valence-electron chi connectivity index (χ2n) is 6.96. The number of imidazole rings is 2. The SMILES string of the molecule is CSCC[C@@H](NC(=O)C1(Cn2ccnc2)CC1)c1nc2ccccc2[nH]1. The molecule has 1 fully saturated rings. The van der Waals surface area contributed by atoms with Crippen LogP contribution in [0, 0.1) is 5.41 Å². The van der Waals surface area contributed by atoms with Crippen molar-refractivity contribution in [2.75, 3.05) is 12.0 Å². The van der Waals surface area contributed by atoms with Crippen molar-refractivity contribution in [1.82, 2.24) is 24.8 Å². The molecule has 1 atom stereocenters. The van der Waals surface area contributed by atoms with Gasteiger partial charge in [0, 0.05) is 18.9 Å². The molecule has 4 rings (SSSR count). The molecule has 0 unspecified atom stereocenters. The number of amides is 1. The molecule has 2 aromatic heterocycles. The van der Waals surface area contributed by atoms with Crippen LogP contribution in [0.25, 0.3) is 11.0 Å². The first-order chi connectivity index (χ1) is 12.7. The highest BCUT2D eigenvalue weighted by molar-refractivity contribution is 7.98. The molecule has 1 aliphatic carbocycles. The standard InChI is InChI=1S/C19H23N5OS/c1-26-11-6-16(17-21-14-4-2-3-5-15(14)22-17)23-18(25)19(7-8-19)12-24-10-9-20-13-24/h2-5,9-10,13,16H,6-8,11-12H2,1H3,(H,21,22)(H,23,25)/t16-/m1/s1. The van der Waals surface area contributed by atoms with E-state index in [4.69, 9.17) is 4.98 Å². The third-order valence-corrected chi connectivity index (χ3v) is 5.68. The highest BCUT2D eigenvalue weighted by Crippen LogP contribution is 2.47. The summed E-state index contributed by atoms with van der Waals surface area (Å²) in [4.78, 5) is 25.2. The van der Waals surface area contributed by atoms with Gasteiger partial charge in [0.25, 0.3) is 0 Å². The van der Waals surface area contributed by atoms with Crippen LogP contribution in [0.5, 0.6) is 0 Å². The lowest BCUT2D eigenvalue weighted by atomic mass is 10.0. The fourth-order valence-electron chi connectivity index (χ4n) is 3.30. The maximum Gasteiger partial charge on any atom is 0.228 e. The predicted octanol–water partition coefficient (Wildman–Crippen LogP) is 3.15. The number of benzene rings is 1. The Labute approximate surface area is 156 Å². The second kappa shape index (κ2) is 7.15. The lowest BCUT2D eigenvalue weighted by molar-refractivity contribution is -0.127. The molecular formula is C19H23N5OS. The molecular weight excluding hydrogens is 346 g/mol. The van der Waals surface area contributed by atoms with E-state index in [9.17, 15) is 4.79 Å². The third-order valence-electron chi connectivity index (χ3n) is 5.03. The molecule has 1 amide bonds.